The van der Waals surface area contributed by atoms with Gasteiger partial charge in [-0.1, -0.05) is 11.2 Å². The van der Waals surface area contributed by atoms with Crippen molar-refractivity contribution in [1.29, 1.82) is 0 Å². The van der Waals surface area contributed by atoms with E-state index >= 15 is 0 Å². The Hall–Kier alpha value is -2.10. The molecule has 0 aromatic carbocycles. The molecular formula is C16H16BrN5O2S. The van der Waals surface area contributed by atoms with E-state index in [2.05, 4.69) is 36.4 Å². The summed E-state index contributed by atoms with van der Waals surface area (Å²) >= 11 is 4.86. The van der Waals surface area contributed by atoms with Crippen molar-refractivity contribution in [2.45, 2.75) is 13.0 Å². The Morgan fingerprint density at radius 1 is 1.44 bits per heavy atom. The maximum absolute atomic E-state index is 12.2. The number of likely N-dealkylation sites (N-methyl/N-ethyl adjacent to an activating group) is 1. The number of aromatic nitrogens is 3. The van der Waals surface area contributed by atoms with Gasteiger partial charge in [0.2, 0.25) is 17.6 Å². The first-order valence-electron chi connectivity index (χ1n) is 7.52. The van der Waals surface area contributed by atoms with Crippen LogP contribution in [0.25, 0.3) is 10.7 Å². The Labute approximate surface area is 157 Å². The van der Waals surface area contributed by atoms with Crippen molar-refractivity contribution in [3.63, 3.8) is 0 Å². The van der Waals surface area contributed by atoms with Crippen LogP contribution in [0.2, 0.25) is 0 Å². The molecule has 3 rings (SSSR count). The van der Waals surface area contributed by atoms with Crippen LogP contribution < -0.4 is 5.32 Å². The summed E-state index contributed by atoms with van der Waals surface area (Å²) in [6.45, 7) is 2.09. The molecule has 3 aromatic heterocycles. The first kappa shape index (κ1) is 17.7. The minimum absolute atomic E-state index is 0.165. The largest absolute Gasteiger partial charge is 0.337 e. The van der Waals surface area contributed by atoms with Crippen molar-refractivity contribution in [3.8, 4) is 10.7 Å². The van der Waals surface area contributed by atoms with Crippen LogP contribution in [-0.2, 0) is 4.79 Å². The minimum atomic E-state index is -0.190. The summed E-state index contributed by atoms with van der Waals surface area (Å²) in [6.07, 6.45) is 1.63. The predicted molar refractivity (Wildman–Crippen MR) is 99.2 cm³/mol. The molecule has 3 heterocycles. The number of anilines is 1. The van der Waals surface area contributed by atoms with Crippen molar-refractivity contribution in [2.75, 3.05) is 18.9 Å². The van der Waals surface area contributed by atoms with E-state index in [4.69, 9.17) is 4.52 Å². The maximum Gasteiger partial charge on any atom is 0.244 e. The van der Waals surface area contributed by atoms with Crippen molar-refractivity contribution in [3.05, 3.63) is 46.2 Å². The van der Waals surface area contributed by atoms with Gasteiger partial charge in [0.05, 0.1) is 17.5 Å². The van der Waals surface area contributed by atoms with E-state index in [1.54, 1.807) is 23.6 Å². The van der Waals surface area contributed by atoms with Crippen molar-refractivity contribution >= 4 is 39.0 Å². The number of carbonyl (C=O) groups is 1. The highest BCUT2D eigenvalue weighted by Gasteiger charge is 2.21. The van der Waals surface area contributed by atoms with Crippen LogP contribution in [0, 0.1) is 0 Å². The highest BCUT2D eigenvalue weighted by Crippen LogP contribution is 2.24. The third-order valence-electron chi connectivity index (χ3n) is 3.59. The van der Waals surface area contributed by atoms with Gasteiger partial charge in [-0.05, 0) is 53.5 Å². The standard InChI is InChI=1S/C16H16BrN5O2S/c1-10(16-20-15(21-24-16)12-4-3-7-25-12)22(2)9-14(23)19-13-6-5-11(17)8-18-13/h3-8,10H,9H2,1-2H3,(H,18,19,23). The summed E-state index contributed by atoms with van der Waals surface area (Å²) in [4.78, 5) is 23.5. The Morgan fingerprint density at radius 3 is 2.96 bits per heavy atom. The van der Waals surface area contributed by atoms with E-state index in [1.807, 2.05) is 42.5 Å². The molecule has 7 nitrogen and oxygen atoms in total. The normalized spacial score (nSPS) is 12.3. The van der Waals surface area contributed by atoms with E-state index in [0.717, 1.165) is 9.35 Å². The smallest absolute Gasteiger partial charge is 0.244 e. The molecule has 1 atom stereocenters. The lowest BCUT2D eigenvalue weighted by atomic mass is 10.3. The number of amides is 1. The van der Waals surface area contributed by atoms with Crippen LogP contribution in [0.1, 0.15) is 18.9 Å². The van der Waals surface area contributed by atoms with E-state index < -0.39 is 0 Å². The van der Waals surface area contributed by atoms with Gasteiger partial charge >= 0.3 is 0 Å². The maximum atomic E-state index is 12.2. The third-order valence-corrected chi connectivity index (χ3v) is 4.92. The summed E-state index contributed by atoms with van der Waals surface area (Å²) in [5.74, 6) is 1.38. The molecule has 0 radical (unpaired) electrons. The number of halogens is 1. The minimum Gasteiger partial charge on any atom is -0.337 e. The second-order valence-corrected chi connectivity index (χ2v) is 7.30. The molecule has 1 N–H and O–H groups in total. The van der Waals surface area contributed by atoms with Gasteiger partial charge in [0.1, 0.15) is 5.82 Å². The van der Waals surface area contributed by atoms with E-state index in [-0.39, 0.29) is 18.5 Å². The molecule has 130 valence electrons. The summed E-state index contributed by atoms with van der Waals surface area (Å²) < 4.78 is 6.19. The number of thiophene rings is 1. The molecule has 0 aliphatic carbocycles. The molecule has 3 aromatic rings. The molecule has 1 amide bonds. The molecule has 0 spiro atoms. The molecule has 0 bridgehead atoms. The first-order chi connectivity index (χ1) is 12.0. The number of hydrogen-bond acceptors (Lipinski definition) is 7. The SMILES string of the molecule is CC(c1nc(-c2cccs2)no1)N(C)CC(=O)Nc1ccc(Br)cn1. The van der Waals surface area contributed by atoms with Gasteiger partial charge in [-0.2, -0.15) is 4.98 Å². The number of nitrogens with one attached hydrogen (secondary N) is 1. The summed E-state index contributed by atoms with van der Waals surface area (Å²) in [5, 5.41) is 8.72. The Balaban J connectivity index is 1.59. The van der Waals surface area contributed by atoms with Crippen LogP contribution in [0.5, 0.6) is 0 Å². The monoisotopic (exact) mass is 421 g/mol. The van der Waals surface area contributed by atoms with E-state index in [1.165, 1.54) is 0 Å². The predicted octanol–water partition coefficient (Wildman–Crippen LogP) is 3.59. The topological polar surface area (TPSA) is 84.2 Å². The third kappa shape index (κ3) is 4.50. The number of nitrogens with zero attached hydrogens (tertiary/aromatic N) is 4. The Kier molecular flexibility index (Phi) is 5.57. The Morgan fingerprint density at radius 2 is 2.28 bits per heavy atom. The van der Waals surface area contributed by atoms with Crippen LogP contribution in [0.3, 0.4) is 0 Å². The lowest BCUT2D eigenvalue weighted by Crippen LogP contribution is -2.32. The van der Waals surface area contributed by atoms with Crippen molar-refractivity contribution in [1.82, 2.24) is 20.0 Å². The van der Waals surface area contributed by atoms with Gasteiger partial charge in [0.25, 0.3) is 0 Å². The fraction of sp³-hybridized carbons (Fsp3) is 0.250. The zero-order valence-electron chi connectivity index (χ0n) is 13.6. The first-order valence-corrected chi connectivity index (χ1v) is 9.19. The average molecular weight is 422 g/mol. The van der Waals surface area contributed by atoms with E-state index in [0.29, 0.717) is 17.5 Å². The molecule has 1 unspecified atom stereocenters. The highest BCUT2D eigenvalue weighted by molar-refractivity contribution is 9.10. The van der Waals surface area contributed by atoms with Gasteiger partial charge in [0, 0.05) is 10.7 Å². The second kappa shape index (κ2) is 7.85. The molecule has 0 fully saturated rings. The van der Waals surface area contributed by atoms with Gasteiger partial charge in [-0.3, -0.25) is 9.69 Å². The summed E-state index contributed by atoms with van der Waals surface area (Å²) in [7, 11) is 1.83. The number of hydrogen-bond donors (Lipinski definition) is 1. The average Bonchev–Trinajstić information content (AvgIpc) is 3.27. The fourth-order valence-corrected chi connectivity index (χ4v) is 2.98. The van der Waals surface area contributed by atoms with Crippen LogP contribution >= 0.6 is 27.3 Å². The molecule has 0 saturated heterocycles. The lowest BCUT2D eigenvalue weighted by molar-refractivity contribution is -0.117. The van der Waals surface area contributed by atoms with Crippen LogP contribution in [0.15, 0.2) is 44.8 Å². The molecule has 9 heteroatoms. The number of carbonyl (C=O) groups excluding carboxylic acids is 1. The van der Waals surface area contributed by atoms with Crippen LogP contribution in [-0.4, -0.2) is 39.5 Å². The van der Waals surface area contributed by atoms with Crippen molar-refractivity contribution in [2.24, 2.45) is 0 Å². The van der Waals surface area contributed by atoms with Gasteiger partial charge in [-0.15, -0.1) is 11.3 Å². The Bertz CT molecular complexity index is 835. The van der Waals surface area contributed by atoms with Gasteiger partial charge in [-0.25, -0.2) is 4.98 Å². The zero-order chi connectivity index (χ0) is 17.8. The zero-order valence-corrected chi connectivity index (χ0v) is 16.0. The quantitative estimate of drug-likeness (QED) is 0.654. The molecular weight excluding hydrogens is 406 g/mol. The number of rotatable bonds is 6. The van der Waals surface area contributed by atoms with Gasteiger partial charge in [0.15, 0.2) is 0 Å². The van der Waals surface area contributed by atoms with E-state index in [9.17, 15) is 4.79 Å². The van der Waals surface area contributed by atoms with Crippen molar-refractivity contribution < 1.29 is 9.32 Å². The fourth-order valence-electron chi connectivity index (χ4n) is 2.09. The molecule has 0 aliphatic rings. The summed E-state index contributed by atoms with van der Waals surface area (Å²) in [5.41, 5.74) is 0. The van der Waals surface area contributed by atoms with Gasteiger partial charge < -0.3 is 9.84 Å². The molecule has 25 heavy (non-hydrogen) atoms. The summed E-state index contributed by atoms with van der Waals surface area (Å²) in [6, 6.07) is 7.24. The lowest BCUT2D eigenvalue weighted by Gasteiger charge is -2.20. The molecule has 0 saturated carbocycles. The second-order valence-electron chi connectivity index (χ2n) is 5.43. The molecule has 0 aliphatic heterocycles. The number of pyridine rings is 1. The van der Waals surface area contributed by atoms with Crippen LogP contribution in [0.4, 0.5) is 5.82 Å². The highest BCUT2D eigenvalue weighted by atomic mass is 79.9.